The van der Waals surface area contributed by atoms with Gasteiger partial charge < -0.3 is 15.4 Å². The second kappa shape index (κ2) is 5.10. The molecule has 0 aromatic carbocycles. The van der Waals surface area contributed by atoms with E-state index in [0.29, 0.717) is 5.82 Å². The van der Waals surface area contributed by atoms with Crippen molar-refractivity contribution in [1.82, 2.24) is 9.97 Å². The monoisotopic (exact) mass is 250 g/mol. The second-order valence-electron chi connectivity index (χ2n) is 5.34. The standard InChI is InChI=1S/C13H22N4O/c1-4-5-10-11(14)15-9-16-12(10)17-6-7-18-13(2,3)8-17/h9H,4-8H2,1-3H3,(H2,14,15,16). The van der Waals surface area contributed by atoms with Crippen LogP contribution in [0.15, 0.2) is 6.33 Å². The summed E-state index contributed by atoms with van der Waals surface area (Å²) in [5, 5.41) is 0. The summed E-state index contributed by atoms with van der Waals surface area (Å²) in [7, 11) is 0. The van der Waals surface area contributed by atoms with Gasteiger partial charge in [0, 0.05) is 18.7 Å². The topological polar surface area (TPSA) is 64.3 Å². The number of nitrogens with two attached hydrogens (primary N) is 1. The van der Waals surface area contributed by atoms with Crippen LogP contribution in [0.1, 0.15) is 32.8 Å². The van der Waals surface area contributed by atoms with E-state index in [0.717, 1.165) is 43.9 Å². The van der Waals surface area contributed by atoms with Crippen LogP contribution in [-0.4, -0.2) is 35.3 Å². The van der Waals surface area contributed by atoms with Gasteiger partial charge in [-0.1, -0.05) is 13.3 Å². The van der Waals surface area contributed by atoms with Gasteiger partial charge in [-0.15, -0.1) is 0 Å². The minimum atomic E-state index is -0.137. The Balaban J connectivity index is 2.29. The van der Waals surface area contributed by atoms with E-state index in [-0.39, 0.29) is 5.60 Å². The molecule has 0 unspecified atom stereocenters. The molecule has 1 saturated heterocycles. The summed E-state index contributed by atoms with van der Waals surface area (Å²) < 4.78 is 5.73. The van der Waals surface area contributed by atoms with Crippen molar-refractivity contribution in [2.24, 2.45) is 0 Å². The van der Waals surface area contributed by atoms with Crippen LogP contribution >= 0.6 is 0 Å². The van der Waals surface area contributed by atoms with Gasteiger partial charge in [-0.05, 0) is 20.3 Å². The lowest BCUT2D eigenvalue weighted by Crippen LogP contribution is -2.49. The Morgan fingerprint density at radius 1 is 1.44 bits per heavy atom. The molecule has 0 bridgehead atoms. The molecule has 18 heavy (non-hydrogen) atoms. The van der Waals surface area contributed by atoms with Crippen LogP contribution in [0.4, 0.5) is 11.6 Å². The Bertz CT molecular complexity index is 419. The van der Waals surface area contributed by atoms with Gasteiger partial charge in [-0.3, -0.25) is 0 Å². The van der Waals surface area contributed by atoms with Crippen LogP contribution in [0.25, 0.3) is 0 Å². The SMILES string of the molecule is CCCc1c(N)ncnc1N1CCOC(C)(C)C1. The Labute approximate surface area is 108 Å². The maximum Gasteiger partial charge on any atom is 0.137 e. The van der Waals surface area contributed by atoms with Crippen molar-refractivity contribution in [3.05, 3.63) is 11.9 Å². The Hall–Kier alpha value is -1.36. The molecule has 0 amide bonds. The summed E-state index contributed by atoms with van der Waals surface area (Å²) in [6.45, 7) is 8.76. The van der Waals surface area contributed by atoms with Crippen molar-refractivity contribution in [2.45, 2.75) is 39.2 Å². The first-order valence-corrected chi connectivity index (χ1v) is 6.52. The van der Waals surface area contributed by atoms with Gasteiger partial charge in [-0.2, -0.15) is 0 Å². The molecule has 2 heterocycles. The van der Waals surface area contributed by atoms with Crippen LogP contribution in [0.3, 0.4) is 0 Å². The molecule has 5 heteroatoms. The zero-order valence-electron chi connectivity index (χ0n) is 11.4. The smallest absolute Gasteiger partial charge is 0.137 e. The van der Waals surface area contributed by atoms with Crippen LogP contribution < -0.4 is 10.6 Å². The molecule has 1 aliphatic rings. The Morgan fingerprint density at radius 3 is 2.89 bits per heavy atom. The van der Waals surface area contributed by atoms with Crippen molar-refractivity contribution < 1.29 is 4.74 Å². The molecule has 0 aliphatic carbocycles. The van der Waals surface area contributed by atoms with Crippen LogP contribution in [-0.2, 0) is 11.2 Å². The predicted octanol–water partition coefficient (Wildman–Crippen LogP) is 1.63. The van der Waals surface area contributed by atoms with Crippen molar-refractivity contribution in [1.29, 1.82) is 0 Å². The minimum Gasteiger partial charge on any atom is -0.383 e. The molecule has 5 nitrogen and oxygen atoms in total. The van der Waals surface area contributed by atoms with E-state index in [4.69, 9.17) is 10.5 Å². The molecule has 1 aliphatic heterocycles. The number of ether oxygens (including phenoxy) is 1. The molecule has 1 aromatic rings. The highest BCUT2D eigenvalue weighted by Gasteiger charge is 2.29. The van der Waals surface area contributed by atoms with Crippen LogP contribution in [0, 0.1) is 0 Å². The number of hydrogen-bond donors (Lipinski definition) is 1. The number of nitrogen functional groups attached to an aromatic ring is 1. The largest absolute Gasteiger partial charge is 0.383 e. The molecule has 0 radical (unpaired) electrons. The molecule has 0 spiro atoms. The summed E-state index contributed by atoms with van der Waals surface area (Å²) in [5.41, 5.74) is 6.90. The third-order valence-electron chi connectivity index (χ3n) is 3.18. The molecule has 1 aromatic heterocycles. The van der Waals surface area contributed by atoms with E-state index in [1.807, 2.05) is 0 Å². The Kier molecular flexibility index (Phi) is 3.71. The lowest BCUT2D eigenvalue weighted by molar-refractivity contribution is -0.0279. The summed E-state index contributed by atoms with van der Waals surface area (Å²) >= 11 is 0. The quantitative estimate of drug-likeness (QED) is 0.883. The summed E-state index contributed by atoms with van der Waals surface area (Å²) in [4.78, 5) is 10.8. The normalized spacial score (nSPS) is 18.9. The molecule has 100 valence electrons. The van der Waals surface area contributed by atoms with Gasteiger partial charge in [0.25, 0.3) is 0 Å². The van der Waals surface area contributed by atoms with Crippen molar-refractivity contribution in [3.8, 4) is 0 Å². The first-order valence-electron chi connectivity index (χ1n) is 6.52. The maximum absolute atomic E-state index is 5.97. The van der Waals surface area contributed by atoms with Gasteiger partial charge in [0.2, 0.25) is 0 Å². The third-order valence-corrected chi connectivity index (χ3v) is 3.18. The van der Waals surface area contributed by atoms with Crippen molar-refractivity contribution in [2.75, 3.05) is 30.3 Å². The summed E-state index contributed by atoms with van der Waals surface area (Å²) in [6, 6.07) is 0. The van der Waals surface area contributed by atoms with Gasteiger partial charge in [0.15, 0.2) is 0 Å². The Morgan fingerprint density at radius 2 is 2.22 bits per heavy atom. The molecule has 1 fully saturated rings. The van der Waals surface area contributed by atoms with E-state index in [9.17, 15) is 0 Å². The van der Waals surface area contributed by atoms with E-state index in [1.165, 1.54) is 0 Å². The van der Waals surface area contributed by atoms with E-state index >= 15 is 0 Å². The van der Waals surface area contributed by atoms with E-state index in [2.05, 4.69) is 35.6 Å². The van der Waals surface area contributed by atoms with Crippen molar-refractivity contribution in [3.63, 3.8) is 0 Å². The third kappa shape index (κ3) is 2.72. The van der Waals surface area contributed by atoms with Crippen molar-refractivity contribution >= 4 is 11.6 Å². The second-order valence-corrected chi connectivity index (χ2v) is 5.34. The highest BCUT2D eigenvalue weighted by atomic mass is 16.5. The number of morpholine rings is 1. The summed E-state index contributed by atoms with van der Waals surface area (Å²) in [5.74, 6) is 1.58. The number of hydrogen-bond acceptors (Lipinski definition) is 5. The lowest BCUT2D eigenvalue weighted by atomic mass is 10.1. The number of anilines is 2. The highest BCUT2D eigenvalue weighted by Crippen LogP contribution is 2.27. The molecule has 0 saturated carbocycles. The average Bonchev–Trinajstić information content (AvgIpc) is 2.30. The highest BCUT2D eigenvalue weighted by molar-refractivity contribution is 5.57. The molecule has 2 rings (SSSR count). The zero-order valence-corrected chi connectivity index (χ0v) is 11.4. The van der Waals surface area contributed by atoms with Gasteiger partial charge in [0.05, 0.1) is 12.2 Å². The lowest BCUT2D eigenvalue weighted by Gasteiger charge is -2.39. The predicted molar refractivity (Wildman–Crippen MR) is 72.7 cm³/mol. The molecule has 2 N–H and O–H groups in total. The summed E-state index contributed by atoms with van der Waals surface area (Å²) in [6.07, 6.45) is 3.50. The van der Waals surface area contributed by atoms with Gasteiger partial charge >= 0.3 is 0 Å². The fraction of sp³-hybridized carbons (Fsp3) is 0.692. The number of aromatic nitrogens is 2. The fourth-order valence-electron chi connectivity index (χ4n) is 2.38. The van der Waals surface area contributed by atoms with E-state index < -0.39 is 0 Å². The minimum absolute atomic E-state index is 0.137. The molecular weight excluding hydrogens is 228 g/mol. The van der Waals surface area contributed by atoms with Gasteiger partial charge in [-0.25, -0.2) is 9.97 Å². The van der Waals surface area contributed by atoms with Crippen LogP contribution in [0.2, 0.25) is 0 Å². The average molecular weight is 250 g/mol. The first-order chi connectivity index (χ1) is 8.53. The fourth-order valence-corrected chi connectivity index (χ4v) is 2.38. The number of rotatable bonds is 3. The first kappa shape index (κ1) is 13.1. The molecular formula is C13H22N4O. The molecule has 0 atom stereocenters. The van der Waals surface area contributed by atoms with Gasteiger partial charge in [0.1, 0.15) is 18.0 Å². The zero-order chi connectivity index (χ0) is 13.2. The van der Waals surface area contributed by atoms with E-state index in [1.54, 1.807) is 6.33 Å². The number of nitrogens with zero attached hydrogens (tertiary/aromatic N) is 3. The van der Waals surface area contributed by atoms with Crippen LogP contribution in [0.5, 0.6) is 0 Å². The maximum atomic E-state index is 5.97.